The van der Waals surface area contributed by atoms with Gasteiger partial charge in [0.25, 0.3) is 0 Å². The molecule has 0 amide bonds. The molecule has 2 aromatic carbocycles. The van der Waals surface area contributed by atoms with Gasteiger partial charge in [-0.15, -0.1) is 0 Å². The third-order valence-corrected chi connectivity index (χ3v) is 6.22. The maximum Gasteiger partial charge on any atom is 0.200 e. The molecule has 0 fully saturated rings. The Morgan fingerprint density at radius 2 is 1.84 bits per heavy atom. The molecule has 2 aliphatic heterocycles. The van der Waals surface area contributed by atoms with Gasteiger partial charge in [0.15, 0.2) is 0 Å². The van der Waals surface area contributed by atoms with Crippen LogP contribution in [0.5, 0.6) is 17.2 Å². The molecule has 0 saturated heterocycles. The first-order valence-corrected chi connectivity index (χ1v) is 10.6. The summed E-state index contributed by atoms with van der Waals surface area (Å²) in [5.74, 6) is 1.88. The fraction of sp³-hybridized carbons (Fsp3) is 0.346. The third-order valence-electron chi connectivity index (χ3n) is 6.22. The summed E-state index contributed by atoms with van der Waals surface area (Å²) in [4.78, 5) is 13.5. The Balaban J connectivity index is 1.67. The Bertz CT molecular complexity index is 1330. The SMILES string of the molecule is COc1c(-c2coc3cc4c(cc3c2=O)C[C@H](O)C(C)(C)O4)ccc2c1C=CC(C)(C)O2. The van der Waals surface area contributed by atoms with Crippen LogP contribution >= 0.6 is 0 Å². The molecular formula is C26H26O6. The van der Waals surface area contributed by atoms with Gasteiger partial charge in [-0.3, -0.25) is 4.79 Å². The highest BCUT2D eigenvalue weighted by Gasteiger charge is 2.36. The van der Waals surface area contributed by atoms with Crippen LogP contribution in [0.2, 0.25) is 0 Å². The minimum Gasteiger partial charge on any atom is -0.495 e. The molecule has 32 heavy (non-hydrogen) atoms. The van der Waals surface area contributed by atoms with Crippen LogP contribution in [-0.4, -0.2) is 29.5 Å². The van der Waals surface area contributed by atoms with Crippen LogP contribution in [0.4, 0.5) is 0 Å². The summed E-state index contributed by atoms with van der Waals surface area (Å²) in [6.07, 6.45) is 5.12. The smallest absolute Gasteiger partial charge is 0.200 e. The maximum absolute atomic E-state index is 13.5. The first-order valence-electron chi connectivity index (χ1n) is 10.6. The molecule has 2 aliphatic rings. The van der Waals surface area contributed by atoms with Gasteiger partial charge in [-0.25, -0.2) is 0 Å². The standard InChI is InChI=1S/C26H26O6/c1-25(2)9-8-16-19(31-25)7-6-15(24(16)29-5)18-13-30-21-12-20-14(10-17(21)23(18)28)11-22(27)26(3,4)32-20/h6-10,12-13,22,27H,11H2,1-5H3/t22-/m0/s1. The van der Waals surface area contributed by atoms with Gasteiger partial charge in [0.05, 0.1) is 29.7 Å². The Labute approximate surface area is 186 Å². The predicted molar refractivity (Wildman–Crippen MR) is 123 cm³/mol. The molecule has 6 nitrogen and oxygen atoms in total. The number of hydrogen-bond acceptors (Lipinski definition) is 6. The molecule has 5 rings (SSSR count). The van der Waals surface area contributed by atoms with E-state index in [1.54, 1.807) is 19.2 Å². The molecule has 0 unspecified atom stereocenters. The normalized spacial score (nSPS) is 20.1. The van der Waals surface area contributed by atoms with Crippen molar-refractivity contribution in [2.24, 2.45) is 0 Å². The van der Waals surface area contributed by atoms with Crippen LogP contribution in [0.1, 0.15) is 38.8 Å². The molecule has 0 radical (unpaired) electrons. The summed E-state index contributed by atoms with van der Waals surface area (Å²) in [7, 11) is 1.58. The number of benzene rings is 2. The molecule has 3 aromatic rings. The number of fused-ring (bicyclic) bond motifs is 3. The molecule has 1 atom stereocenters. The molecule has 0 aliphatic carbocycles. The zero-order valence-corrected chi connectivity index (χ0v) is 18.8. The fourth-order valence-electron chi connectivity index (χ4n) is 4.31. The van der Waals surface area contributed by atoms with Gasteiger partial charge >= 0.3 is 0 Å². The van der Waals surface area contributed by atoms with Crippen molar-refractivity contribution in [2.45, 2.75) is 51.4 Å². The minimum absolute atomic E-state index is 0.173. The van der Waals surface area contributed by atoms with Gasteiger partial charge < -0.3 is 23.7 Å². The average molecular weight is 434 g/mol. The second-order valence-corrected chi connectivity index (χ2v) is 9.46. The predicted octanol–water partition coefficient (Wildman–Crippen LogP) is 4.73. The Hall–Kier alpha value is -3.25. The average Bonchev–Trinajstić information content (AvgIpc) is 2.72. The van der Waals surface area contributed by atoms with Crippen LogP contribution in [0.25, 0.3) is 28.2 Å². The lowest BCUT2D eigenvalue weighted by Crippen LogP contribution is -2.46. The van der Waals surface area contributed by atoms with Crippen molar-refractivity contribution in [1.82, 2.24) is 0 Å². The highest BCUT2D eigenvalue weighted by molar-refractivity contribution is 5.87. The monoisotopic (exact) mass is 434 g/mol. The van der Waals surface area contributed by atoms with Crippen LogP contribution in [-0.2, 0) is 6.42 Å². The lowest BCUT2D eigenvalue weighted by Gasteiger charge is -2.37. The molecule has 3 heterocycles. The van der Waals surface area contributed by atoms with Crippen molar-refractivity contribution >= 4 is 17.0 Å². The van der Waals surface area contributed by atoms with E-state index >= 15 is 0 Å². The summed E-state index contributed by atoms with van der Waals surface area (Å²) in [5.41, 5.74) is 1.73. The number of ether oxygens (including phenoxy) is 3. The van der Waals surface area contributed by atoms with Crippen molar-refractivity contribution in [2.75, 3.05) is 7.11 Å². The fourth-order valence-corrected chi connectivity index (χ4v) is 4.31. The van der Waals surface area contributed by atoms with E-state index in [1.807, 2.05) is 52.0 Å². The molecule has 6 heteroatoms. The lowest BCUT2D eigenvalue weighted by atomic mass is 9.90. The number of aliphatic hydroxyl groups excluding tert-OH is 1. The van der Waals surface area contributed by atoms with E-state index in [2.05, 4.69) is 0 Å². The number of methoxy groups -OCH3 is 1. The van der Waals surface area contributed by atoms with Crippen molar-refractivity contribution in [3.63, 3.8) is 0 Å². The van der Waals surface area contributed by atoms with Crippen molar-refractivity contribution < 1.29 is 23.7 Å². The van der Waals surface area contributed by atoms with Crippen molar-refractivity contribution in [1.29, 1.82) is 0 Å². The molecule has 0 spiro atoms. The van der Waals surface area contributed by atoms with Crippen LogP contribution in [0.3, 0.4) is 0 Å². The Morgan fingerprint density at radius 1 is 1.06 bits per heavy atom. The zero-order chi connectivity index (χ0) is 22.8. The molecular weight excluding hydrogens is 408 g/mol. The molecule has 0 saturated carbocycles. The first kappa shape index (κ1) is 20.6. The van der Waals surface area contributed by atoms with Crippen molar-refractivity contribution in [3.05, 3.63) is 58.0 Å². The van der Waals surface area contributed by atoms with Gasteiger partial charge in [0.2, 0.25) is 5.43 Å². The zero-order valence-electron chi connectivity index (χ0n) is 18.8. The largest absolute Gasteiger partial charge is 0.495 e. The molecule has 1 aromatic heterocycles. The topological polar surface area (TPSA) is 78.1 Å². The Kier molecular flexibility index (Phi) is 4.43. The van der Waals surface area contributed by atoms with E-state index in [1.165, 1.54) is 6.26 Å². The number of rotatable bonds is 2. The third kappa shape index (κ3) is 3.17. The molecule has 0 bridgehead atoms. The van der Waals surface area contributed by atoms with E-state index < -0.39 is 17.3 Å². The van der Waals surface area contributed by atoms with Crippen molar-refractivity contribution in [3.8, 4) is 28.4 Å². The summed E-state index contributed by atoms with van der Waals surface area (Å²) in [6, 6.07) is 7.15. The van der Waals surface area contributed by atoms with Gasteiger partial charge in [0, 0.05) is 18.1 Å². The molecule has 166 valence electrons. The van der Waals surface area contributed by atoms with Gasteiger partial charge in [0.1, 0.15) is 40.3 Å². The number of aliphatic hydroxyl groups is 1. The highest BCUT2D eigenvalue weighted by atomic mass is 16.5. The van der Waals surface area contributed by atoms with E-state index in [0.29, 0.717) is 45.8 Å². The van der Waals surface area contributed by atoms with Crippen LogP contribution in [0.15, 0.2) is 45.8 Å². The first-order chi connectivity index (χ1) is 15.1. The summed E-state index contributed by atoms with van der Waals surface area (Å²) in [5, 5.41) is 10.8. The second kappa shape index (κ2) is 6.87. The second-order valence-electron chi connectivity index (χ2n) is 9.46. The van der Waals surface area contributed by atoms with E-state index in [-0.39, 0.29) is 5.43 Å². The van der Waals surface area contributed by atoms with Gasteiger partial charge in [-0.1, -0.05) is 0 Å². The highest BCUT2D eigenvalue weighted by Crippen LogP contribution is 2.43. The van der Waals surface area contributed by atoms with Gasteiger partial charge in [-0.05, 0) is 63.6 Å². The van der Waals surface area contributed by atoms with E-state index in [9.17, 15) is 9.90 Å². The maximum atomic E-state index is 13.5. The van der Waals surface area contributed by atoms with E-state index in [0.717, 1.165) is 11.1 Å². The van der Waals surface area contributed by atoms with Gasteiger partial charge in [-0.2, -0.15) is 0 Å². The van der Waals surface area contributed by atoms with Crippen LogP contribution in [0, 0.1) is 0 Å². The van der Waals surface area contributed by atoms with E-state index in [4.69, 9.17) is 18.6 Å². The van der Waals surface area contributed by atoms with Crippen LogP contribution < -0.4 is 19.6 Å². The Morgan fingerprint density at radius 3 is 2.59 bits per heavy atom. The summed E-state index contributed by atoms with van der Waals surface area (Å²) < 4.78 is 23.6. The summed E-state index contributed by atoms with van der Waals surface area (Å²) >= 11 is 0. The molecule has 1 N–H and O–H groups in total. The number of hydrogen-bond donors (Lipinski definition) is 1. The lowest BCUT2D eigenvalue weighted by molar-refractivity contribution is -0.0410. The quantitative estimate of drug-likeness (QED) is 0.628. The summed E-state index contributed by atoms with van der Waals surface area (Å²) in [6.45, 7) is 7.64. The minimum atomic E-state index is -0.707.